The van der Waals surface area contributed by atoms with Crippen LogP contribution < -0.4 is 5.32 Å². The molecular weight excluding hydrogens is 305 g/mol. The number of hydrogen-bond acceptors (Lipinski definition) is 5. The van der Waals surface area contributed by atoms with Crippen molar-refractivity contribution in [3.05, 3.63) is 40.8 Å². The Kier molecular flexibility index (Phi) is 5.27. The van der Waals surface area contributed by atoms with Crippen molar-refractivity contribution in [2.24, 2.45) is 0 Å². The van der Waals surface area contributed by atoms with E-state index in [1.165, 1.54) is 6.20 Å². The van der Waals surface area contributed by atoms with Crippen molar-refractivity contribution in [2.45, 2.75) is 4.90 Å². The number of hydrogen-bond donors (Lipinski definition) is 2. The van der Waals surface area contributed by atoms with Gasteiger partial charge in [0.1, 0.15) is 5.02 Å². The Labute approximate surface area is 125 Å². The zero-order chi connectivity index (χ0) is 13.7. The Bertz CT molecular complexity index is 568. The Morgan fingerprint density at radius 2 is 2.16 bits per heavy atom. The summed E-state index contributed by atoms with van der Waals surface area (Å²) in [6.07, 6.45) is 1.45. The van der Waals surface area contributed by atoms with Crippen LogP contribution in [0.4, 0.5) is 11.5 Å². The third-order valence-electron chi connectivity index (χ3n) is 2.17. The van der Waals surface area contributed by atoms with E-state index >= 15 is 0 Å². The van der Waals surface area contributed by atoms with Crippen molar-refractivity contribution in [1.29, 1.82) is 0 Å². The summed E-state index contributed by atoms with van der Waals surface area (Å²) in [5.41, 5.74) is 0.847. The van der Waals surface area contributed by atoms with E-state index in [0.29, 0.717) is 16.6 Å². The molecule has 1 aromatic heterocycles. The van der Waals surface area contributed by atoms with E-state index in [9.17, 15) is 0 Å². The summed E-state index contributed by atoms with van der Waals surface area (Å²) in [4.78, 5) is 8.87. The van der Waals surface area contributed by atoms with Gasteiger partial charge in [0.05, 0.1) is 12.8 Å². The molecule has 0 radical (unpaired) electrons. The minimum Gasteiger partial charge on any atom is -0.396 e. The fourth-order valence-corrected chi connectivity index (χ4v) is 2.38. The molecule has 0 bridgehead atoms. The predicted octanol–water partition coefficient (Wildman–Crippen LogP) is 3.61. The van der Waals surface area contributed by atoms with Gasteiger partial charge in [-0.25, -0.2) is 4.98 Å². The second-order valence-corrected chi connectivity index (χ2v) is 5.47. The molecule has 2 rings (SSSR count). The molecule has 2 N–H and O–H groups in total. The number of nitrogens with zero attached hydrogens (tertiary/aromatic N) is 2. The fourth-order valence-electron chi connectivity index (χ4n) is 1.40. The number of nitrogens with one attached hydrogen (secondary N) is 1. The van der Waals surface area contributed by atoms with Gasteiger partial charge in [-0.1, -0.05) is 17.7 Å². The SMILES string of the molecule is OCCSc1cccc(Nc2nc(Cl)ncc2Cl)c1. The molecule has 2 aromatic rings. The largest absolute Gasteiger partial charge is 0.396 e. The maximum Gasteiger partial charge on any atom is 0.224 e. The molecule has 7 heteroatoms. The molecular formula is C12H11Cl2N3OS. The lowest BCUT2D eigenvalue weighted by molar-refractivity contribution is 0.322. The normalized spacial score (nSPS) is 10.5. The summed E-state index contributed by atoms with van der Waals surface area (Å²) in [7, 11) is 0. The lowest BCUT2D eigenvalue weighted by atomic mass is 10.3. The van der Waals surface area contributed by atoms with E-state index in [1.807, 2.05) is 24.3 Å². The smallest absolute Gasteiger partial charge is 0.224 e. The third kappa shape index (κ3) is 4.24. The number of aliphatic hydroxyl groups is 1. The first-order valence-electron chi connectivity index (χ1n) is 5.48. The topological polar surface area (TPSA) is 58.0 Å². The molecule has 1 heterocycles. The van der Waals surface area contributed by atoms with Crippen LogP contribution in [0, 0.1) is 0 Å². The quantitative estimate of drug-likeness (QED) is 0.652. The van der Waals surface area contributed by atoms with Crippen molar-refractivity contribution in [1.82, 2.24) is 9.97 Å². The second kappa shape index (κ2) is 6.96. The van der Waals surface area contributed by atoms with E-state index in [4.69, 9.17) is 28.3 Å². The van der Waals surface area contributed by atoms with Crippen LogP contribution in [0.1, 0.15) is 0 Å². The first-order valence-corrected chi connectivity index (χ1v) is 7.22. The minimum absolute atomic E-state index is 0.137. The van der Waals surface area contributed by atoms with Crippen LogP contribution in [0.2, 0.25) is 10.3 Å². The van der Waals surface area contributed by atoms with E-state index < -0.39 is 0 Å². The average molecular weight is 316 g/mol. The van der Waals surface area contributed by atoms with Crippen LogP contribution in [0.25, 0.3) is 0 Å². The van der Waals surface area contributed by atoms with Gasteiger partial charge in [-0.15, -0.1) is 11.8 Å². The maximum absolute atomic E-state index is 8.81. The van der Waals surface area contributed by atoms with Crippen molar-refractivity contribution >= 4 is 46.5 Å². The van der Waals surface area contributed by atoms with E-state index in [2.05, 4.69) is 15.3 Å². The second-order valence-electron chi connectivity index (χ2n) is 3.56. The van der Waals surface area contributed by atoms with Crippen LogP contribution in [-0.4, -0.2) is 27.4 Å². The van der Waals surface area contributed by atoms with E-state index in [-0.39, 0.29) is 11.9 Å². The first kappa shape index (κ1) is 14.4. The molecule has 0 amide bonds. The molecule has 100 valence electrons. The Morgan fingerprint density at radius 1 is 1.32 bits per heavy atom. The average Bonchev–Trinajstić information content (AvgIpc) is 2.41. The minimum atomic E-state index is 0.137. The highest BCUT2D eigenvalue weighted by molar-refractivity contribution is 7.99. The summed E-state index contributed by atoms with van der Waals surface area (Å²) in [6, 6.07) is 7.74. The summed E-state index contributed by atoms with van der Waals surface area (Å²) < 4.78 is 0. The number of aliphatic hydroxyl groups excluding tert-OH is 1. The van der Waals surface area contributed by atoms with Gasteiger partial charge >= 0.3 is 0 Å². The van der Waals surface area contributed by atoms with Crippen LogP contribution in [0.5, 0.6) is 0 Å². The number of rotatable bonds is 5. The molecule has 0 saturated carbocycles. The van der Waals surface area contributed by atoms with Crippen molar-refractivity contribution in [3.8, 4) is 0 Å². The molecule has 19 heavy (non-hydrogen) atoms. The molecule has 0 spiro atoms. The third-order valence-corrected chi connectivity index (χ3v) is 3.60. The summed E-state index contributed by atoms with van der Waals surface area (Å²) in [6.45, 7) is 0.148. The van der Waals surface area contributed by atoms with Gasteiger partial charge in [-0.05, 0) is 29.8 Å². The van der Waals surface area contributed by atoms with Crippen molar-refractivity contribution in [2.75, 3.05) is 17.7 Å². The number of thioether (sulfide) groups is 1. The molecule has 0 saturated heterocycles. The van der Waals surface area contributed by atoms with Gasteiger partial charge in [0.2, 0.25) is 5.28 Å². The highest BCUT2D eigenvalue weighted by Gasteiger charge is 2.05. The molecule has 0 aliphatic rings. The number of anilines is 2. The molecule has 0 fully saturated rings. The number of aromatic nitrogens is 2. The molecule has 0 unspecified atom stereocenters. The zero-order valence-corrected chi connectivity index (χ0v) is 12.1. The van der Waals surface area contributed by atoms with Crippen LogP contribution in [-0.2, 0) is 0 Å². The summed E-state index contributed by atoms with van der Waals surface area (Å²) in [5, 5.41) is 12.4. The monoisotopic (exact) mass is 315 g/mol. The Balaban J connectivity index is 2.16. The van der Waals surface area contributed by atoms with Gasteiger partial charge in [0, 0.05) is 16.3 Å². The Hall–Kier alpha value is -1.01. The summed E-state index contributed by atoms with van der Waals surface area (Å²) in [5.74, 6) is 1.12. The van der Waals surface area contributed by atoms with E-state index in [1.54, 1.807) is 11.8 Å². The van der Waals surface area contributed by atoms with Crippen molar-refractivity contribution in [3.63, 3.8) is 0 Å². The molecule has 0 aliphatic heterocycles. The summed E-state index contributed by atoms with van der Waals surface area (Å²) >= 11 is 13.3. The molecule has 1 aromatic carbocycles. The van der Waals surface area contributed by atoms with Gasteiger partial charge in [0.25, 0.3) is 0 Å². The highest BCUT2D eigenvalue weighted by atomic mass is 35.5. The number of benzene rings is 1. The standard InChI is InChI=1S/C12H11Cl2N3OS/c13-10-7-15-12(14)17-11(10)16-8-2-1-3-9(6-8)19-5-4-18/h1-3,6-7,18H,4-5H2,(H,15,16,17). The van der Waals surface area contributed by atoms with Gasteiger partial charge in [-0.2, -0.15) is 4.98 Å². The predicted molar refractivity (Wildman–Crippen MR) is 79.6 cm³/mol. The van der Waals surface area contributed by atoms with Gasteiger partial charge in [-0.3, -0.25) is 0 Å². The zero-order valence-electron chi connectivity index (χ0n) is 9.81. The first-order chi connectivity index (χ1) is 9.19. The molecule has 0 atom stereocenters. The van der Waals surface area contributed by atoms with Gasteiger partial charge in [0.15, 0.2) is 5.82 Å². The number of halogens is 2. The van der Waals surface area contributed by atoms with E-state index in [0.717, 1.165) is 10.6 Å². The van der Waals surface area contributed by atoms with Crippen LogP contribution in [0.3, 0.4) is 0 Å². The maximum atomic E-state index is 8.81. The van der Waals surface area contributed by atoms with Crippen molar-refractivity contribution < 1.29 is 5.11 Å². The van der Waals surface area contributed by atoms with Crippen LogP contribution in [0.15, 0.2) is 35.4 Å². The lowest BCUT2D eigenvalue weighted by Gasteiger charge is -2.08. The van der Waals surface area contributed by atoms with Gasteiger partial charge < -0.3 is 10.4 Å². The van der Waals surface area contributed by atoms with Crippen LogP contribution >= 0.6 is 35.0 Å². The molecule has 0 aliphatic carbocycles. The fraction of sp³-hybridized carbons (Fsp3) is 0.167. The highest BCUT2D eigenvalue weighted by Crippen LogP contribution is 2.26. The molecule has 4 nitrogen and oxygen atoms in total. The lowest BCUT2D eigenvalue weighted by Crippen LogP contribution is -1.96. The Morgan fingerprint density at radius 3 is 2.95 bits per heavy atom.